The maximum atomic E-state index is 13.6. The quantitative estimate of drug-likeness (QED) is 0.242. The van der Waals surface area contributed by atoms with E-state index in [-0.39, 0.29) is 34.5 Å². The highest BCUT2D eigenvalue weighted by Crippen LogP contribution is 2.40. The van der Waals surface area contributed by atoms with Crippen LogP contribution in [-0.2, 0) is 20.5 Å². The maximum absolute atomic E-state index is 13.6. The number of carbonyl (C=O) groups is 3. The molecule has 3 aromatic rings. The van der Waals surface area contributed by atoms with Crippen molar-refractivity contribution in [2.75, 3.05) is 19.0 Å². The number of rotatable bonds is 9. The molecule has 42 heavy (non-hydrogen) atoms. The summed E-state index contributed by atoms with van der Waals surface area (Å²) in [7, 11) is 1.39. The number of nitrogens with one attached hydrogen (secondary N) is 2. The van der Waals surface area contributed by atoms with Gasteiger partial charge in [-0.1, -0.05) is 41.4 Å². The highest BCUT2D eigenvalue weighted by Gasteiger charge is 2.42. The lowest BCUT2D eigenvalue weighted by Crippen LogP contribution is -2.29. The van der Waals surface area contributed by atoms with Crippen molar-refractivity contribution < 1.29 is 36.7 Å². The predicted molar refractivity (Wildman–Crippen MR) is 150 cm³/mol. The first-order valence-electron chi connectivity index (χ1n) is 13.2. The Labute approximate surface area is 249 Å². The van der Waals surface area contributed by atoms with Crippen LogP contribution in [0.25, 0.3) is 11.5 Å². The van der Waals surface area contributed by atoms with Crippen molar-refractivity contribution in [3.63, 3.8) is 0 Å². The molecule has 0 bridgehead atoms. The molecule has 2 amide bonds. The minimum Gasteiger partial charge on any atom is -0.469 e. The Hall–Kier alpha value is -3.57. The third-order valence-corrected chi connectivity index (χ3v) is 7.74. The molecule has 1 aliphatic carbocycles. The van der Waals surface area contributed by atoms with E-state index in [0.29, 0.717) is 23.9 Å². The number of nitrogens with zero attached hydrogens (tertiary/aromatic N) is 1. The second-order valence-electron chi connectivity index (χ2n) is 9.97. The summed E-state index contributed by atoms with van der Waals surface area (Å²) in [5.74, 6) is -3.25. The van der Waals surface area contributed by atoms with Crippen molar-refractivity contribution in [3.8, 4) is 11.5 Å². The van der Waals surface area contributed by atoms with Gasteiger partial charge in [-0.15, -0.1) is 0 Å². The van der Waals surface area contributed by atoms with Gasteiger partial charge < -0.3 is 19.8 Å². The molecule has 0 atom stereocenters. The number of benzene rings is 2. The topological polar surface area (TPSA) is 111 Å². The number of oxazole rings is 1. The molecule has 0 radical (unpaired) electrons. The van der Waals surface area contributed by atoms with Gasteiger partial charge in [0.1, 0.15) is 0 Å². The molecular weight excluding hydrogens is 598 g/mol. The summed E-state index contributed by atoms with van der Waals surface area (Å²) in [5.41, 5.74) is 0.611. The first-order chi connectivity index (χ1) is 20.0. The van der Waals surface area contributed by atoms with E-state index in [1.165, 1.54) is 25.3 Å². The average Bonchev–Trinajstić information content (AvgIpc) is 3.40. The van der Waals surface area contributed by atoms with Gasteiger partial charge in [-0.05, 0) is 67.3 Å². The van der Waals surface area contributed by atoms with Gasteiger partial charge >= 0.3 is 12.1 Å². The minimum absolute atomic E-state index is 0.00264. The molecule has 1 saturated carbocycles. The van der Waals surface area contributed by atoms with E-state index in [1.54, 1.807) is 12.1 Å². The lowest BCUT2D eigenvalue weighted by Gasteiger charge is -2.28. The summed E-state index contributed by atoms with van der Waals surface area (Å²) in [4.78, 5) is 40.2. The number of aromatic nitrogens is 1. The Morgan fingerprint density at radius 3 is 2.26 bits per heavy atom. The highest BCUT2D eigenvalue weighted by atomic mass is 35.5. The van der Waals surface area contributed by atoms with Gasteiger partial charge in [-0.2, -0.15) is 13.2 Å². The number of esters is 1. The summed E-state index contributed by atoms with van der Waals surface area (Å²) in [5, 5.41) is 4.98. The standard InChI is InChI=1S/C29H28Cl2F3N3O5/c1-41-23(39)15-16-5-7-17(8-6-16)18-9-11-19(12-10-18)36-22(38)13-14-35-27(40)25-26(29(32,33)34)42-28(37-25)24-20(30)3-2-4-21(24)31/h2-4,9-12,16-17H,5-8,13-15H2,1H3,(H,35,40)(H,36,38). The third kappa shape index (κ3) is 7.83. The van der Waals surface area contributed by atoms with Crippen LogP contribution in [0.1, 0.15) is 66.3 Å². The van der Waals surface area contributed by atoms with Crippen LogP contribution >= 0.6 is 23.2 Å². The molecule has 1 heterocycles. The Morgan fingerprint density at radius 1 is 1.02 bits per heavy atom. The molecule has 2 aromatic carbocycles. The molecule has 1 fully saturated rings. The molecule has 0 spiro atoms. The zero-order valence-electron chi connectivity index (χ0n) is 22.5. The number of amides is 2. The van der Waals surface area contributed by atoms with Crippen LogP contribution in [-0.4, -0.2) is 36.4 Å². The van der Waals surface area contributed by atoms with E-state index in [1.807, 2.05) is 12.1 Å². The lowest BCUT2D eigenvalue weighted by atomic mass is 9.77. The van der Waals surface area contributed by atoms with Gasteiger partial charge in [0.15, 0.2) is 5.69 Å². The highest BCUT2D eigenvalue weighted by molar-refractivity contribution is 6.38. The number of ether oxygens (including phenoxy) is 1. The number of hydrogen-bond donors (Lipinski definition) is 2. The summed E-state index contributed by atoms with van der Waals surface area (Å²) in [6.45, 7) is -0.246. The van der Waals surface area contributed by atoms with Crippen LogP contribution in [0.5, 0.6) is 0 Å². The van der Waals surface area contributed by atoms with Crippen LogP contribution in [0.3, 0.4) is 0 Å². The molecule has 13 heteroatoms. The fraction of sp³-hybridized carbons (Fsp3) is 0.379. The normalized spacial score (nSPS) is 17.0. The van der Waals surface area contributed by atoms with Gasteiger partial charge in [0.25, 0.3) is 5.91 Å². The van der Waals surface area contributed by atoms with Gasteiger partial charge in [0, 0.05) is 25.1 Å². The number of methoxy groups -OCH3 is 1. The molecule has 1 aliphatic rings. The summed E-state index contributed by atoms with van der Waals surface area (Å²) in [6, 6.07) is 11.7. The number of hydrogen-bond acceptors (Lipinski definition) is 6. The number of anilines is 1. The SMILES string of the molecule is COC(=O)CC1CCC(c2ccc(NC(=O)CCNC(=O)c3nc(-c4c(Cl)cccc4Cl)oc3C(F)(F)F)cc2)CC1. The van der Waals surface area contributed by atoms with Crippen molar-refractivity contribution in [2.45, 2.75) is 50.6 Å². The Kier molecular flexibility index (Phi) is 10.2. The maximum Gasteiger partial charge on any atom is 0.452 e. The van der Waals surface area contributed by atoms with Crippen LogP contribution in [0.15, 0.2) is 46.9 Å². The summed E-state index contributed by atoms with van der Waals surface area (Å²) < 4.78 is 50.4. The van der Waals surface area contributed by atoms with Crippen molar-refractivity contribution in [2.24, 2.45) is 5.92 Å². The third-order valence-electron chi connectivity index (χ3n) is 7.11. The fourth-order valence-electron chi connectivity index (χ4n) is 4.93. The minimum atomic E-state index is -5.02. The van der Waals surface area contributed by atoms with E-state index in [9.17, 15) is 27.6 Å². The van der Waals surface area contributed by atoms with Gasteiger partial charge in [-0.3, -0.25) is 14.4 Å². The van der Waals surface area contributed by atoms with Crippen molar-refractivity contribution in [3.05, 3.63) is 69.5 Å². The second kappa shape index (κ2) is 13.6. The van der Waals surface area contributed by atoms with E-state index < -0.39 is 35.3 Å². The average molecular weight is 626 g/mol. The van der Waals surface area contributed by atoms with Gasteiger partial charge in [0.2, 0.25) is 17.6 Å². The van der Waals surface area contributed by atoms with Crippen molar-refractivity contribution in [1.82, 2.24) is 10.3 Å². The van der Waals surface area contributed by atoms with E-state index in [2.05, 4.69) is 15.6 Å². The molecule has 8 nitrogen and oxygen atoms in total. The fourth-order valence-corrected chi connectivity index (χ4v) is 5.49. The molecule has 0 aliphatic heterocycles. The molecule has 1 aromatic heterocycles. The molecule has 224 valence electrons. The number of alkyl halides is 3. The number of halogens is 5. The Bertz CT molecular complexity index is 1420. The van der Waals surface area contributed by atoms with Gasteiger partial charge in [0.05, 0.1) is 22.7 Å². The van der Waals surface area contributed by atoms with E-state index >= 15 is 0 Å². The largest absolute Gasteiger partial charge is 0.469 e. The number of carbonyl (C=O) groups excluding carboxylic acids is 3. The first kappa shape index (κ1) is 31.4. The van der Waals surface area contributed by atoms with E-state index in [0.717, 1.165) is 31.2 Å². The summed E-state index contributed by atoms with van der Waals surface area (Å²) >= 11 is 12.1. The molecule has 4 rings (SSSR count). The smallest absolute Gasteiger partial charge is 0.452 e. The zero-order valence-corrected chi connectivity index (χ0v) is 24.0. The Morgan fingerprint density at radius 2 is 1.67 bits per heavy atom. The molecule has 0 unspecified atom stereocenters. The van der Waals surface area contributed by atoms with Crippen LogP contribution < -0.4 is 10.6 Å². The summed E-state index contributed by atoms with van der Waals surface area (Å²) in [6.07, 6.45) is -0.967. The molecule has 2 N–H and O–H groups in total. The lowest BCUT2D eigenvalue weighted by molar-refractivity contribution is -0.153. The first-order valence-corrected chi connectivity index (χ1v) is 14.0. The monoisotopic (exact) mass is 625 g/mol. The zero-order chi connectivity index (χ0) is 30.4. The van der Waals surface area contributed by atoms with E-state index in [4.69, 9.17) is 32.4 Å². The van der Waals surface area contributed by atoms with Crippen LogP contribution in [0.2, 0.25) is 10.0 Å². The van der Waals surface area contributed by atoms with Crippen molar-refractivity contribution in [1.29, 1.82) is 0 Å². The van der Waals surface area contributed by atoms with Gasteiger partial charge in [-0.25, -0.2) is 4.98 Å². The van der Waals surface area contributed by atoms with Crippen molar-refractivity contribution >= 4 is 46.7 Å². The molecular formula is C29H28Cl2F3N3O5. The Balaban J connectivity index is 1.30. The molecule has 0 saturated heterocycles. The second-order valence-corrected chi connectivity index (χ2v) is 10.8. The predicted octanol–water partition coefficient (Wildman–Crippen LogP) is 7.26. The van der Waals surface area contributed by atoms with Crippen LogP contribution in [0.4, 0.5) is 18.9 Å². The van der Waals surface area contributed by atoms with Crippen LogP contribution in [0, 0.1) is 5.92 Å².